The minimum atomic E-state index is -0.899. The van der Waals surface area contributed by atoms with Crippen molar-refractivity contribution < 1.29 is 14.7 Å². The van der Waals surface area contributed by atoms with Crippen LogP contribution in [0.2, 0.25) is 0 Å². The predicted octanol–water partition coefficient (Wildman–Crippen LogP) is 2.69. The van der Waals surface area contributed by atoms with Gasteiger partial charge in [0.25, 0.3) is 5.91 Å². The normalized spacial score (nSPS) is 10.2. The number of carboxylic acids is 1. The van der Waals surface area contributed by atoms with Crippen LogP contribution in [-0.2, 0) is 4.79 Å². The zero-order chi connectivity index (χ0) is 13.7. The van der Waals surface area contributed by atoms with E-state index in [1.807, 2.05) is 26.0 Å². The fourth-order valence-corrected chi connectivity index (χ4v) is 2.05. The van der Waals surface area contributed by atoms with E-state index < -0.39 is 5.97 Å². The molecule has 0 saturated heterocycles. The van der Waals surface area contributed by atoms with E-state index in [2.05, 4.69) is 15.9 Å². The van der Waals surface area contributed by atoms with Gasteiger partial charge in [-0.05, 0) is 41.4 Å². The topological polar surface area (TPSA) is 57.6 Å². The molecule has 98 valence electrons. The molecule has 0 saturated carbocycles. The van der Waals surface area contributed by atoms with E-state index in [4.69, 9.17) is 5.11 Å². The van der Waals surface area contributed by atoms with Crippen LogP contribution in [0, 0.1) is 6.92 Å². The van der Waals surface area contributed by atoms with Gasteiger partial charge in [-0.15, -0.1) is 0 Å². The molecule has 5 heteroatoms. The van der Waals surface area contributed by atoms with Gasteiger partial charge in [-0.2, -0.15) is 0 Å². The summed E-state index contributed by atoms with van der Waals surface area (Å²) in [5, 5.41) is 8.66. The number of hydrogen-bond acceptors (Lipinski definition) is 2. The molecule has 1 amide bonds. The van der Waals surface area contributed by atoms with Crippen LogP contribution < -0.4 is 0 Å². The van der Waals surface area contributed by atoms with Gasteiger partial charge in [-0.25, -0.2) is 0 Å². The Morgan fingerprint density at radius 2 is 2.06 bits per heavy atom. The molecule has 0 atom stereocenters. The molecule has 0 fully saturated rings. The summed E-state index contributed by atoms with van der Waals surface area (Å²) < 4.78 is 0.767. The molecular formula is C13H16BrNO3. The second-order valence-corrected chi connectivity index (χ2v) is 4.76. The molecule has 0 spiro atoms. The first-order valence-corrected chi connectivity index (χ1v) is 6.52. The monoisotopic (exact) mass is 313 g/mol. The Hall–Kier alpha value is -1.36. The van der Waals surface area contributed by atoms with Gasteiger partial charge in [0.1, 0.15) is 0 Å². The van der Waals surface area contributed by atoms with Gasteiger partial charge in [-0.1, -0.05) is 12.1 Å². The minimum absolute atomic E-state index is 0.0387. The number of amides is 1. The maximum atomic E-state index is 12.3. The standard InChI is InChI=1S/C13H16BrNO3/c1-3-15(8-7-11(16)17)13(18)10-6-4-5-9(2)12(10)14/h4-6H,3,7-8H2,1-2H3,(H,16,17). The van der Waals surface area contributed by atoms with Crippen molar-refractivity contribution in [1.82, 2.24) is 4.90 Å². The molecule has 0 heterocycles. The lowest BCUT2D eigenvalue weighted by atomic mass is 10.1. The number of carbonyl (C=O) groups excluding carboxylic acids is 1. The molecule has 0 aliphatic heterocycles. The van der Waals surface area contributed by atoms with Crippen molar-refractivity contribution in [3.8, 4) is 0 Å². The number of benzene rings is 1. The lowest BCUT2D eigenvalue weighted by Gasteiger charge is -2.21. The number of halogens is 1. The van der Waals surface area contributed by atoms with E-state index in [9.17, 15) is 9.59 Å². The van der Waals surface area contributed by atoms with E-state index >= 15 is 0 Å². The van der Waals surface area contributed by atoms with Gasteiger partial charge in [0.15, 0.2) is 0 Å². The smallest absolute Gasteiger partial charge is 0.305 e. The van der Waals surface area contributed by atoms with E-state index in [-0.39, 0.29) is 18.9 Å². The van der Waals surface area contributed by atoms with Gasteiger partial charge in [0.05, 0.1) is 12.0 Å². The van der Waals surface area contributed by atoms with Crippen molar-refractivity contribution in [1.29, 1.82) is 0 Å². The van der Waals surface area contributed by atoms with E-state index in [0.717, 1.165) is 10.0 Å². The Morgan fingerprint density at radius 3 is 2.61 bits per heavy atom. The van der Waals surface area contributed by atoms with E-state index in [1.54, 1.807) is 6.07 Å². The fraction of sp³-hybridized carbons (Fsp3) is 0.385. The number of carbonyl (C=O) groups is 2. The van der Waals surface area contributed by atoms with Gasteiger partial charge in [0.2, 0.25) is 0 Å². The zero-order valence-corrected chi connectivity index (χ0v) is 12.0. The first kappa shape index (κ1) is 14.7. The van der Waals surface area contributed by atoms with Gasteiger partial charge in [-0.3, -0.25) is 9.59 Å². The van der Waals surface area contributed by atoms with Crippen molar-refractivity contribution in [3.63, 3.8) is 0 Å². The Morgan fingerprint density at radius 1 is 1.39 bits per heavy atom. The van der Waals surface area contributed by atoms with Crippen molar-refractivity contribution >= 4 is 27.8 Å². The second-order valence-electron chi connectivity index (χ2n) is 3.97. The molecule has 0 aliphatic carbocycles. The molecule has 0 bridgehead atoms. The molecule has 0 aliphatic rings. The van der Waals surface area contributed by atoms with Crippen molar-refractivity contribution in [2.75, 3.05) is 13.1 Å². The molecule has 0 radical (unpaired) electrons. The number of rotatable bonds is 5. The number of nitrogens with zero attached hydrogens (tertiary/aromatic N) is 1. The molecular weight excluding hydrogens is 298 g/mol. The Balaban J connectivity index is 2.89. The van der Waals surface area contributed by atoms with Crippen molar-refractivity contribution in [2.24, 2.45) is 0 Å². The SMILES string of the molecule is CCN(CCC(=O)O)C(=O)c1cccc(C)c1Br. The lowest BCUT2D eigenvalue weighted by Crippen LogP contribution is -2.33. The summed E-state index contributed by atoms with van der Waals surface area (Å²) >= 11 is 3.39. The van der Waals surface area contributed by atoms with E-state index in [1.165, 1.54) is 4.90 Å². The molecule has 1 aromatic rings. The highest BCUT2D eigenvalue weighted by atomic mass is 79.9. The number of aryl methyl sites for hydroxylation is 1. The van der Waals surface area contributed by atoms with Crippen LogP contribution in [0.4, 0.5) is 0 Å². The summed E-state index contributed by atoms with van der Waals surface area (Å²) in [4.78, 5) is 24.4. The highest BCUT2D eigenvalue weighted by molar-refractivity contribution is 9.10. The summed E-state index contributed by atoms with van der Waals surface area (Å²) in [7, 11) is 0. The third-order valence-electron chi connectivity index (χ3n) is 2.69. The van der Waals surface area contributed by atoms with Crippen LogP contribution in [0.25, 0.3) is 0 Å². The average molecular weight is 314 g/mol. The third kappa shape index (κ3) is 3.57. The Bertz CT molecular complexity index is 460. The summed E-state index contributed by atoms with van der Waals surface area (Å²) in [5.74, 6) is -1.04. The summed E-state index contributed by atoms with van der Waals surface area (Å²) in [6.45, 7) is 4.47. The van der Waals surface area contributed by atoms with Gasteiger partial charge >= 0.3 is 5.97 Å². The molecule has 0 aromatic heterocycles. The molecule has 4 nitrogen and oxygen atoms in total. The maximum absolute atomic E-state index is 12.3. The second kappa shape index (κ2) is 6.54. The third-order valence-corrected chi connectivity index (χ3v) is 3.74. The predicted molar refractivity (Wildman–Crippen MR) is 72.7 cm³/mol. The van der Waals surface area contributed by atoms with Crippen LogP contribution in [0.1, 0.15) is 29.3 Å². The largest absolute Gasteiger partial charge is 0.481 e. The Kier molecular flexibility index (Phi) is 5.34. The van der Waals surface area contributed by atoms with Crippen LogP contribution in [0.5, 0.6) is 0 Å². The van der Waals surface area contributed by atoms with Crippen molar-refractivity contribution in [2.45, 2.75) is 20.3 Å². The molecule has 0 unspecified atom stereocenters. The van der Waals surface area contributed by atoms with Crippen LogP contribution in [-0.4, -0.2) is 35.0 Å². The zero-order valence-electron chi connectivity index (χ0n) is 10.4. The molecule has 18 heavy (non-hydrogen) atoms. The highest BCUT2D eigenvalue weighted by Gasteiger charge is 2.18. The fourth-order valence-electron chi connectivity index (χ4n) is 1.62. The average Bonchev–Trinajstić information content (AvgIpc) is 2.32. The highest BCUT2D eigenvalue weighted by Crippen LogP contribution is 2.22. The summed E-state index contributed by atoms with van der Waals surface area (Å²) in [6.07, 6.45) is -0.0387. The van der Waals surface area contributed by atoms with Crippen LogP contribution >= 0.6 is 15.9 Å². The van der Waals surface area contributed by atoms with Crippen LogP contribution in [0.3, 0.4) is 0 Å². The summed E-state index contributed by atoms with van der Waals surface area (Å²) in [5.41, 5.74) is 1.55. The number of carboxylic acid groups (broad SMARTS) is 1. The number of aliphatic carboxylic acids is 1. The van der Waals surface area contributed by atoms with Crippen molar-refractivity contribution in [3.05, 3.63) is 33.8 Å². The van der Waals surface area contributed by atoms with Crippen LogP contribution in [0.15, 0.2) is 22.7 Å². The maximum Gasteiger partial charge on any atom is 0.305 e. The quantitative estimate of drug-likeness (QED) is 0.909. The first-order valence-electron chi connectivity index (χ1n) is 5.73. The molecule has 1 N–H and O–H groups in total. The number of hydrogen-bond donors (Lipinski definition) is 1. The minimum Gasteiger partial charge on any atom is -0.481 e. The van der Waals surface area contributed by atoms with Gasteiger partial charge < -0.3 is 10.0 Å². The first-order chi connectivity index (χ1) is 8.47. The Labute approximate surface area is 115 Å². The van der Waals surface area contributed by atoms with E-state index in [0.29, 0.717) is 12.1 Å². The molecule has 1 aromatic carbocycles. The lowest BCUT2D eigenvalue weighted by molar-refractivity contribution is -0.137. The molecule has 1 rings (SSSR count). The summed E-state index contributed by atoms with van der Waals surface area (Å²) in [6, 6.07) is 5.47. The van der Waals surface area contributed by atoms with Gasteiger partial charge in [0, 0.05) is 17.6 Å².